The molecule has 0 aromatic heterocycles. The highest BCUT2D eigenvalue weighted by molar-refractivity contribution is 7.85. The average molecular weight is 288 g/mol. The standard InChI is InChI=1S/C14H22ClNOS/c1-5-16-13(14(2,3)4)10-18(17)12-8-6-11(15)7-9-12/h6-9,13,16H,5,10H2,1-4H3. The third-order valence-electron chi connectivity index (χ3n) is 2.89. The van der Waals surface area contributed by atoms with Gasteiger partial charge in [-0.15, -0.1) is 0 Å². The van der Waals surface area contributed by atoms with Crippen molar-refractivity contribution in [2.75, 3.05) is 12.3 Å². The fourth-order valence-electron chi connectivity index (χ4n) is 1.70. The molecule has 0 spiro atoms. The molecule has 0 aliphatic rings. The normalized spacial score (nSPS) is 15.4. The van der Waals surface area contributed by atoms with Gasteiger partial charge in [0.2, 0.25) is 0 Å². The van der Waals surface area contributed by atoms with Gasteiger partial charge in [-0.3, -0.25) is 4.21 Å². The van der Waals surface area contributed by atoms with Gasteiger partial charge in [-0.1, -0.05) is 39.3 Å². The molecule has 0 saturated heterocycles. The number of rotatable bonds is 5. The lowest BCUT2D eigenvalue weighted by Gasteiger charge is -2.31. The number of hydrogen-bond acceptors (Lipinski definition) is 2. The van der Waals surface area contributed by atoms with Crippen LogP contribution >= 0.6 is 11.6 Å². The van der Waals surface area contributed by atoms with E-state index in [9.17, 15) is 4.21 Å². The van der Waals surface area contributed by atoms with Crippen LogP contribution in [0.2, 0.25) is 5.02 Å². The van der Waals surface area contributed by atoms with E-state index < -0.39 is 10.8 Å². The lowest BCUT2D eigenvalue weighted by molar-refractivity contribution is 0.294. The van der Waals surface area contributed by atoms with Crippen molar-refractivity contribution in [1.82, 2.24) is 5.32 Å². The summed E-state index contributed by atoms with van der Waals surface area (Å²) in [6.45, 7) is 9.46. The van der Waals surface area contributed by atoms with Crippen LogP contribution < -0.4 is 5.32 Å². The Hall–Kier alpha value is -0.380. The zero-order valence-electron chi connectivity index (χ0n) is 11.5. The van der Waals surface area contributed by atoms with E-state index in [1.165, 1.54) is 0 Å². The smallest absolute Gasteiger partial charge is 0.0545 e. The van der Waals surface area contributed by atoms with Gasteiger partial charge >= 0.3 is 0 Å². The van der Waals surface area contributed by atoms with Crippen LogP contribution in [-0.2, 0) is 10.8 Å². The third kappa shape index (κ3) is 4.71. The fourth-order valence-corrected chi connectivity index (χ4v) is 3.37. The molecule has 0 heterocycles. The summed E-state index contributed by atoms with van der Waals surface area (Å²) in [4.78, 5) is 0.839. The minimum atomic E-state index is -0.991. The maximum absolute atomic E-state index is 12.3. The first-order valence-electron chi connectivity index (χ1n) is 6.22. The van der Waals surface area contributed by atoms with Crippen LogP contribution in [0, 0.1) is 5.41 Å². The largest absolute Gasteiger partial charge is 0.313 e. The Kier molecular flexibility index (Phi) is 5.83. The molecule has 1 N–H and O–H groups in total. The molecular weight excluding hydrogens is 266 g/mol. The van der Waals surface area contributed by atoms with Gasteiger partial charge < -0.3 is 5.32 Å². The lowest BCUT2D eigenvalue weighted by Crippen LogP contribution is -2.44. The zero-order valence-corrected chi connectivity index (χ0v) is 13.1. The molecule has 2 atom stereocenters. The van der Waals surface area contributed by atoms with Crippen LogP contribution in [0.5, 0.6) is 0 Å². The summed E-state index contributed by atoms with van der Waals surface area (Å²) in [6, 6.07) is 7.48. The predicted molar refractivity (Wildman–Crippen MR) is 79.6 cm³/mol. The molecule has 18 heavy (non-hydrogen) atoms. The van der Waals surface area contributed by atoms with Crippen molar-refractivity contribution in [2.24, 2.45) is 5.41 Å². The molecule has 0 bridgehead atoms. The van der Waals surface area contributed by atoms with Crippen LogP contribution in [0.25, 0.3) is 0 Å². The molecule has 0 amide bonds. The minimum absolute atomic E-state index is 0.0953. The molecule has 1 aromatic carbocycles. The Bertz CT molecular complexity index is 397. The Labute approximate surface area is 118 Å². The number of benzene rings is 1. The summed E-state index contributed by atoms with van der Waals surface area (Å²) in [5.74, 6) is 0.624. The molecule has 0 aliphatic heterocycles. The van der Waals surface area contributed by atoms with E-state index in [0.717, 1.165) is 11.4 Å². The van der Waals surface area contributed by atoms with Crippen molar-refractivity contribution >= 4 is 22.4 Å². The molecule has 0 fully saturated rings. The van der Waals surface area contributed by atoms with Gasteiger partial charge in [0.15, 0.2) is 0 Å². The van der Waals surface area contributed by atoms with Crippen LogP contribution in [0.4, 0.5) is 0 Å². The molecule has 0 aliphatic carbocycles. The highest BCUT2D eigenvalue weighted by Gasteiger charge is 2.25. The molecule has 0 saturated carbocycles. The van der Waals surface area contributed by atoms with Crippen molar-refractivity contribution in [3.63, 3.8) is 0 Å². The summed E-state index contributed by atoms with van der Waals surface area (Å²) in [5, 5.41) is 4.09. The molecule has 1 rings (SSSR count). The number of halogens is 1. The van der Waals surface area contributed by atoms with E-state index >= 15 is 0 Å². The van der Waals surface area contributed by atoms with E-state index in [-0.39, 0.29) is 11.5 Å². The lowest BCUT2D eigenvalue weighted by atomic mass is 9.88. The SMILES string of the molecule is CCNC(CS(=O)c1ccc(Cl)cc1)C(C)(C)C. The predicted octanol–water partition coefficient (Wildman–Crippen LogP) is 3.47. The molecule has 4 heteroatoms. The van der Waals surface area contributed by atoms with Gasteiger partial charge in [0.05, 0.1) is 10.8 Å². The maximum atomic E-state index is 12.3. The van der Waals surface area contributed by atoms with Crippen molar-refractivity contribution in [3.05, 3.63) is 29.3 Å². The van der Waals surface area contributed by atoms with Crippen molar-refractivity contribution < 1.29 is 4.21 Å². The highest BCUT2D eigenvalue weighted by atomic mass is 35.5. The van der Waals surface area contributed by atoms with Gasteiger partial charge in [-0.25, -0.2) is 0 Å². The van der Waals surface area contributed by atoms with Gasteiger partial charge in [0.25, 0.3) is 0 Å². The van der Waals surface area contributed by atoms with Crippen LogP contribution in [0.15, 0.2) is 29.2 Å². The minimum Gasteiger partial charge on any atom is -0.313 e. The summed E-state index contributed by atoms with van der Waals surface area (Å²) < 4.78 is 12.3. The second-order valence-electron chi connectivity index (χ2n) is 5.44. The second kappa shape index (κ2) is 6.69. The van der Waals surface area contributed by atoms with Crippen molar-refractivity contribution in [3.8, 4) is 0 Å². The number of hydrogen-bond donors (Lipinski definition) is 1. The van der Waals surface area contributed by atoms with Crippen molar-refractivity contribution in [1.29, 1.82) is 0 Å². The fraction of sp³-hybridized carbons (Fsp3) is 0.571. The van der Waals surface area contributed by atoms with Gasteiger partial charge in [0.1, 0.15) is 0 Å². The summed E-state index contributed by atoms with van der Waals surface area (Å²) in [6.07, 6.45) is 0. The van der Waals surface area contributed by atoms with E-state index in [1.807, 2.05) is 12.1 Å². The topological polar surface area (TPSA) is 29.1 Å². The Morgan fingerprint density at radius 1 is 1.28 bits per heavy atom. The second-order valence-corrected chi connectivity index (χ2v) is 7.37. The zero-order chi connectivity index (χ0) is 13.8. The number of nitrogens with one attached hydrogen (secondary N) is 1. The first-order chi connectivity index (χ1) is 8.34. The third-order valence-corrected chi connectivity index (χ3v) is 4.58. The van der Waals surface area contributed by atoms with E-state index in [1.54, 1.807) is 12.1 Å². The van der Waals surface area contributed by atoms with Gasteiger partial charge in [0, 0.05) is 21.7 Å². The van der Waals surface area contributed by atoms with Crippen LogP contribution in [0.3, 0.4) is 0 Å². The Morgan fingerprint density at radius 2 is 1.83 bits per heavy atom. The van der Waals surface area contributed by atoms with Gasteiger partial charge in [-0.05, 0) is 36.2 Å². The first kappa shape index (κ1) is 15.7. The van der Waals surface area contributed by atoms with Crippen LogP contribution in [-0.4, -0.2) is 22.5 Å². The van der Waals surface area contributed by atoms with Crippen molar-refractivity contribution in [2.45, 2.75) is 38.6 Å². The molecule has 102 valence electrons. The Morgan fingerprint density at radius 3 is 2.28 bits per heavy atom. The maximum Gasteiger partial charge on any atom is 0.0545 e. The summed E-state index contributed by atoms with van der Waals surface area (Å²) in [5.41, 5.74) is 0.0953. The molecule has 2 unspecified atom stereocenters. The highest BCUT2D eigenvalue weighted by Crippen LogP contribution is 2.22. The van der Waals surface area contributed by atoms with Crippen LogP contribution in [0.1, 0.15) is 27.7 Å². The quantitative estimate of drug-likeness (QED) is 0.898. The Balaban J connectivity index is 2.75. The van der Waals surface area contributed by atoms with E-state index in [4.69, 9.17) is 11.6 Å². The monoisotopic (exact) mass is 287 g/mol. The molecular formula is C14H22ClNOS. The molecule has 0 radical (unpaired) electrons. The average Bonchev–Trinajstić information content (AvgIpc) is 2.28. The molecule has 1 aromatic rings. The van der Waals surface area contributed by atoms with E-state index in [0.29, 0.717) is 10.8 Å². The summed E-state index contributed by atoms with van der Waals surface area (Å²) in [7, 11) is -0.991. The van der Waals surface area contributed by atoms with E-state index in [2.05, 4.69) is 33.0 Å². The first-order valence-corrected chi connectivity index (χ1v) is 7.91. The summed E-state index contributed by atoms with van der Waals surface area (Å²) >= 11 is 5.83. The molecule has 2 nitrogen and oxygen atoms in total. The van der Waals surface area contributed by atoms with Gasteiger partial charge in [-0.2, -0.15) is 0 Å².